The molecule has 3 aromatic rings. The highest BCUT2D eigenvalue weighted by Crippen LogP contribution is 2.21. The highest BCUT2D eigenvalue weighted by atomic mass is 16.6. The molecule has 2 aromatic carbocycles. The zero-order valence-electron chi connectivity index (χ0n) is 10.1. The lowest BCUT2D eigenvalue weighted by Gasteiger charge is -1.95. The van der Waals surface area contributed by atoms with Crippen molar-refractivity contribution in [1.82, 2.24) is 9.97 Å². The third kappa shape index (κ3) is 1.99. The van der Waals surface area contributed by atoms with Crippen LogP contribution in [0.2, 0.25) is 0 Å². The van der Waals surface area contributed by atoms with Crippen LogP contribution in [0.3, 0.4) is 0 Å². The summed E-state index contributed by atoms with van der Waals surface area (Å²) < 4.78 is 0. The number of nitrogens with zero attached hydrogens (tertiary/aromatic N) is 1. The van der Waals surface area contributed by atoms with Crippen LogP contribution in [0.1, 0.15) is 0 Å². The van der Waals surface area contributed by atoms with Crippen molar-refractivity contribution in [2.75, 3.05) is 7.11 Å². The van der Waals surface area contributed by atoms with Gasteiger partial charge < -0.3 is 4.98 Å². The second-order valence-electron chi connectivity index (χ2n) is 4.08. The van der Waals surface area contributed by atoms with Crippen molar-refractivity contribution >= 4 is 16.7 Å². The molecule has 4 nitrogen and oxygen atoms in total. The Balaban J connectivity index is 2.06. The molecule has 0 fully saturated rings. The molecule has 0 bridgehead atoms. The van der Waals surface area contributed by atoms with E-state index in [0.29, 0.717) is 0 Å². The average molecular weight is 240 g/mol. The summed E-state index contributed by atoms with van der Waals surface area (Å²) >= 11 is 0. The molecular weight excluding hydrogens is 226 g/mol. The van der Waals surface area contributed by atoms with E-state index in [1.807, 2.05) is 48.5 Å². The summed E-state index contributed by atoms with van der Waals surface area (Å²) in [5, 5.41) is 0. The molecule has 0 aliphatic rings. The Hall–Kier alpha value is -2.17. The SMILES string of the molecule is CO[NH2+]c1ccc2nc(-c3ccccc3)[nH]c2c1. The Morgan fingerprint density at radius 1 is 1.11 bits per heavy atom. The zero-order chi connectivity index (χ0) is 12.4. The number of rotatable bonds is 3. The van der Waals surface area contributed by atoms with E-state index in [1.165, 1.54) is 0 Å². The van der Waals surface area contributed by atoms with E-state index in [-0.39, 0.29) is 0 Å². The van der Waals surface area contributed by atoms with Gasteiger partial charge in [-0.05, 0) is 6.07 Å². The molecule has 1 heterocycles. The van der Waals surface area contributed by atoms with Crippen LogP contribution in [0, 0.1) is 0 Å². The maximum atomic E-state index is 5.01. The van der Waals surface area contributed by atoms with Crippen LogP contribution in [0.25, 0.3) is 22.4 Å². The molecule has 0 atom stereocenters. The molecule has 0 radical (unpaired) electrons. The molecule has 0 saturated carbocycles. The minimum atomic E-state index is 0.889. The molecule has 0 spiro atoms. The van der Waals surface area contributed by atoms with E-state index in [2.05, 4.69) is 9.97 Å². The topological polar surface area (TPSA) is 54.5 Å². The summed E-state index contributed by atoms with van der Waals surface area (Å²) in [4.78, 5) is 12.9. The first-order valence-corrected chi connectivity index (χ1v) is 5.78. The summed E-state index contributed by atoms with van der Waals surface area (Å²) in [6.45, 7) is 0. The number of fused-ring (bicyclic) bond motifs is 1. The van der Waals surface area contributed by atoms with E-state index in [4.69, 9.17) is 4.84 Å². The van der Waals surface area contributed by atoms with Crippen molar-refractivity contribution in [2.45, 2.75) is 0 Å². The zero-order valence-corrected chi connectivity index (χ0v) is 10.1. The minimum Gasteiger partial charge on any atom is -0.338 e. The highest BCUT2D eigenvalue weighted by molar-refractivity contribution is 5.81. The molecule has 3 rings (SSSR count). The number of quaternary nitrogens is 1. The molecule has 0 saturated heterocycles. The van der Waals surface area contributed by atoms with Gasteiger partial charge in [-0.1, -0.05) is 30.3 Å². The number of hydrogen-bond donors (Lipinski definition) is 2. The van der Waals surface area contributed by atoms with Gasteiger partial charge in [0.2, 0.25) is 0 Å². The average Bonchev–Trinajstić information content (AvgIpc) is 2.83. The molecule has 0 aliphatic carbocycles. The lowest BCUT2D eigenvalue weighted by molar-refractivity contribution is -0.830. The highest BCUT2D eigenvalue weighted by Gasteiger charge is 2.06. The smallest absolute Gasteiger partial charge is 0.164 e. The number of nitrogens with two attached hydrogens (primary N) is 1. The van der Waals surface area contributed by atoms with Gasteiger partial charge in [0, 0.05) is 17.7 Å². The van der Waals surface area contributed by atoms with E-state index in [9.17, 15) is 0 Å². The molecule has 1 aromatic heterocycles. The molecule has 0 amide bonds. The molecule has 0 aliphatic heterocycles. The normalized spacial score (nSPS) is 10.9. The summed E-state index contributed by atoms with van der Waals surface area (Å²) in [6.07, 6.45) is 0. The first-order valence-electron chi connectivity index (χ1n) is 5.78. The van der Waals surface area contributed by atoms with Gasteiger partial charge in [0.15, 0.2) is 5.69 Å². The lowest BCUT2D eigenvalue weighted by Crippen LogP contribution is -2.75. The van der Waals surface area contributed by atoms with Crippen LogP contribution in [0.4, 0.5) is 5.69 Å². The Morgan fingerprint density at radius 2 is 1.94 bits per heavy atom. The first kappa shape index (κ1) is 11.0. The van der Waals surface area contributed by atoms with Crippen molar-refractivity contribution in [3.05, 3.63) is 48.5 Å². The Kier molecular flexibility index (Phi) is 2.80. The van der Waals surface area contributed by atoms with Crippen LogP contribution in [-0.4, -0.2) is 17.1 Å². The Morgan fingerprint density at radius 3 is 2.72 bits per heavy atom. The number of hydrogen-bond acceptors (Lipinski definition) is 2. The van der Waals surface area contributed by atoms with Crippen LogP contribution in [0.5, 0.6) is 0 Å². The largest absolute Gasteiger partial charge is 0.338 e. The van der Waals surface area contributed by atoms with E-state index < -0.39 is 0 Å². The Bertz CT molecular complexity index is 661. The van der Waals surface area contributed by atoms with Gasteiger partial charge in [-0.25, -0.2) is 9.82 Å². The van der Waals surface area contributed by atoms with Gasteiger partial charge in [-0.15, -0.1) is 0 Å². The first-order chi connectivity index (χ1) is 8.86. The quantitative estimate of drug-likeness (QED) is 0.543. The fraction of sp³-hybridized carbons (Fsp3) is 0.0714. The van der Waals surface area contributed by atoms with Crippen LogP contribution in [-0.2, 0) is 4.84 Å². The molecule has 4 heteroatoms. The van der Waals surface area contributed by atoms with Crippen molar-refractivity contribution in [3.63, 3.8) is 0 Å². The third-order valence-electron chi connectivity index (χ3n) is 2.81. The number of H-pyrrole nitrogens is 1. The monoisotopic (exact) mass is 240 g/mol. The van der Waals surface area contributed by atoms with Crippen molar-refractivity contribution in [1.29, 1.82) is 0 Å². The molecule has 0 unspecified atom stereocenters. The molecule has 3 N–H and O–H groups in total. The van der Waals surface area contributed by atoms with Crippen molar-refractivity contribution < 1.29 is 10.3 Å². The van der Waals surface area contributed by atoms with Crippen molar-refractivity contribution in [2.24, 2.45) is 0 Å². The fourth-order valence-corrected chi connectivity index (χ4v) is 1.97. The number of benzene rings is 2. The van der Waals surface area contributed by atoms with E-state index >= 15 is 0 Å². The van der Waals surface area contributed by atoms with Gasteiger partial charge in [0.05, 0.1) is 18.1 Å². The van der Waals surface area contributed by atoms with Crippen LogP contribution in [0.15, 0.2) is 48.5 Å². The second-order valence-corrected chi connectivity index (χ2v) is 4.08. The molecule has 18 heavy (non-hydrogen) atoms. The van der Waals surface area contributed by atoms with E-state index in [1.54, 1.807) is 12.6 Å². The third-order valence-corrected chi connectivity index (χ3v) is 2.81. The number of nitrogens with one attached hydrogen (secondary N) is 1. The lowest BCUT2D eigenvalue weighted by atomic mass is 10.2. The summed E-state index contributed by atoms with van der Waals surface area (Å²) in [7, 11) is 1.65. The number of aromatic amines is 1. The second kappa shape index (κ2) is 4.60. The Labute approximate surface area is 105 Å². The van der Waals surface area contributed by atoms with Gasteiger partial charge in [-0.3, -0.25) is 0 Å². The van der Waals surface area contributed by atoms with Gasteiger partial charge in [-0.2, -0.15) is 5.48 Å². The van der Waals surface area contributed by atoms with Gasteiger partial charge in [0.25, 0.3) is 0 Å². The summed E-state index contributed by atoms with van der Waals surface area (Å²) in [6, 6.07) is 16.1. The molecule has 90 valence electrons. The van der Waals surface area contributed by atoms with Crippen molar-refractivity contribution in [3.8, 4) is 11.4 Å². The summed E-state index contributed by atoms with van der Waals surface area (Å²) in [5.74, 6) is 0.889. The minimum absolute atomic E-state index is 0.889. The maximum Gasteiger partial charge on any atom is 0.164 e. The van der Waals surface area contributed by atoms with Crippen LogP contribution >= 0.6 is 0 Å². The number of imidazole rings is 1. The summed E-state index contributed by atoms with van der Waals surface area (Å²) in [5.41, 5.74) is 5.80. The fourth-order valence-electron chi connectivity index (χ4n) is 1.97. The number of aromatic nitrogens is 2. The predicted molar refractivity (Wildman–Crippen MR) is 70.1 cm³/mol. The van der Waals surface area contributed by atoms with Crippen LogP contribution < -0.4 is 5.48 Å². The van der Waals surface area contributed by atoms with Gasteiger partial charge >= 0.3 is 0 Å². The maximum absolute atomic E-state index is 5.01. The molecular formula is C14H14N3O+. The standard InChI is InChI=1S/C14H13N3O/c1-18-17-11-7-8-12-13(9-11)16-14(15-12)10-5-3-2-4-6-10/h2-9,17H,1H3,(H,15,16)/p+1. The predicted octanol–water partition coefficient (Wildman–Crippen LogP) is 1.99. The van der Waals surface area contributed by atoms with Gasteiger partial charge in [0.1, 0.15) is 5.82 Å². The van der Waals surface area contributed by atoms with E-state index in [0.717, 1.165) is 28.1 Å².